The second-order valence-electron chi connectivity index (χ2n) is 2.48. The van der Waals surface area contributed by atoms with Crippen LogP contribution in [-0.2, 0) is 4.79 Å². The molecule has 1 rings (SSSR count). The van der Waals surface area contributed by atoms with Gasteiger partial charge in [0.25, 0.3) is 5.91 Å². The molecular weight excluding hydrogens is 184 g/mol. The highest BCUT2D eigenvalue weighted by molar-refractivity contribution is 6.10. The summed E-state index contributed by atoms with van der Waals surface area (Å²) in [7, 11) is 0. The summed E-state index contributed by atoms with van der Waals surface area (Å²) in [4.78, 5) is 32.7. The molecule has 72 valence electrons. The lowest BCUT2D eigenvalue weighted by atomic mass is 10.2. The molecule has 0 saturated heterocycles. The maximum atomic E-state index is 11.4. The van der Waals surface area contributed by atoms with Gasteiger partial charge in [0.2, 0.25) is 6.41 Å². The van der Waals surface area contributed by atoms with Crippen LogP contribution in [0.1, 0.15) is 10.4 Å². The fourth-order valence-electron chi connectivity index (χ4n) is 0.920. The zero-order chi connectivity index (χ0) is 10.6. The first-order valence-electron chi connectivity index (χ1n) is 3.80. The van der Waals surface area contributed by atoms with E-state index in [1.807, 2.05) is 0 Å². The van der Waals surface area contributed by atoms with Gasteiger partial charge in [0, 0.05) is 5.56 Å². The largest absolute Gasteiger partial charge is 0.351 e. The monoisotopic (exact) mass is 192 g/mol. The molecule has 5 nitrogen and oxygen atoms in total. The van der Waals surface area contributed by atoms with Gasteiger partial charge in [-0.3, -0.25) is 9.59 Å². The fourth-order valence-corrected chi connectivity index (χ4v) is 0.920. The Kier molecular flexibility index (Phi) is 2.96. The summed E-state index contributed by atoms with van der Waals surface area (Å²) in [5.41, 5.74) is 5.06. The first-order chi connectivity index (χ1) is 6.66. The van der Waals surface area contributed by atoms with Crippen molar-refractivity contribution >= 4 is 18.3 Å². The van der Waals surface area contributed by atoms with Gasteiger partial charge in [0.15, 0.2) is 0 Å². The van der Waals surface area contributed by atoms with E-state index in [0.717, 1.165) is 0 Å². The SMILES string of the molecule is NC(=O)N(C=O)C(=O)c1ccccc1. The van der Waals surface area contributed by atoms with E-state index in [1.165, 1.54) is 12.1 Å². The quantitative estimate of drug-likeness (QED) is 0.687. The number of urea groups is 1. The van der Waals surface area contributed by atoms with Crippen LogP contribution in [0, 0.1) is 0 Å². The molecule has 0 aliphatic rings. The second-order valence-corrected chi connectivity index (χ2v) is 2.48. The molecule has 0 atom stereocenters. The van der Waals surface area contributed by atoms with Crippen LogP contribution in [0.25, 0.3) is 0 Å². The number of benzene rings is 1. The maximum absolute atomic E-state index is 11.4. The van der Waals surface area contributed by atoms with Crippen molar-refractivity contribution in [3.05, 3.63) is 35.9 Å². The molecule has 5 heteroatoms. The molecule has 4 amide bonds. The highest BCUT2D eigenvalue weighted by Gasteiger charge is 2.18. The normalized spacial score (nSPS) is 9.14. The molecule has 1 aromatic rings. The Bertz CT molecular complexity index is 362. The highest BCUT2D eigenvalue weighted by Crippen LogP contribution is 2.02. The van der Waals surface area contributed by atoms with Gasteiger partial charge in [-0.25, -0.2) is 4.79 Å². The Hall–Kier alpha value is -2.17. The van der Waals surface area contributed by atoms with Crippen molar-refractivity contribution in [2.75, 3.05) is 0 Å². The minimum Gasteiger partial charge on any atom is -0.351 e. The number of hydrogen-bond donors (Lipinski definition) is 1. The Morgan fingerprint density at radius 3 is 2.21 bits per heavy atom. The summed E-state index contributed by atoms with van der Waals surface area (Å²) in [6.07, 6.45) is 0.0949. The van der Waals surface area contributed by atoms with E-state index in [0.29, 0.717) is 4.90 Å². The van der Waals surface area contributed by atoms with Crippen LogP contribution in [0.3, 0.4) is 0 Å². The van der Waals surface area contributed by atoms with Crippen molar-refractivity contribution in [3.8, 4) is 0 Å². The molecule has 0 aromatic heterocycles. The molecular formula is C9H8N2O3. The van der Waals surface area contributed by atoms with E-state index < -0.39 is 11.9 Å². The molecule has 0 unspecified atom stereocenters. The second kappa shape index (κ2) is 4.18. The number of rotatable bonds is 2. The van der Waals surface area contributed by atoms with Crippen molar-refractivity contribution in [1.82, 2.24) is 4.90 Å². The van der Waals surface area contributed by atoms with Crippen LogP contribution >= 0.6 is 0 Å². The number of carbonyl (C=O) groups excluding carboxylic acids is 3. The third kappa shape index (κ3) is 1.95. The number of primary amides is 1. The van der Waals surface area contributed by atoms with Crippen LogP contribution in [0.4, 0.5) is 4.79 Å². The molecule has 0 spiro atoms. The van der Waals surface area contributed by atoms with Gasteiger partial charge in [-0.2, -0.15) is 4.90 Å². The van der Waals surface area contributed by atoms with Gasteiger partial charge in [-0.05, 0) is 12.1 Å². The Morgan fingerprint density at radius 2 is 1.79 bits per heavy atom. The number of nitrogens with two attached hydrogens (primary N) is 1. The van der Waals surface area contributed by atoms with Crippen LogP contribution in [-0.4, -0.2) is 23.2 Å². The molecule has 0 radical (unpaired) electrons. The van der Waals surface area contributed by atoms with Gasteiger partial charge in [0.05, 0.1) is 0 Å². The van der Waals surface area contributed by atoms with Crippen molar-refractivity contribution < 1.29 is 14.4 Å². The first-order valence-corrected chi connectivity index (χ1v) is 3.80. The summed E-state index contributed by atoms with van der Waals surface area (Å²) >= 11 is 0. The Balaban J connectivity index is 2.95. The Morgan fingerprint density at radius 1 is 1.21 bits per heavy atom. The number of carbonyl (C=O) groups is 3. The van der Waals surface area contributed by atoms with Gasteiger partial charge in [-0.15, -0.1) is 0 Å². The van der Waals surface area contributed by atoms with Gasteiger partial charge < -0.3 is 5.73 Å². The lowest BCUT2D eigenvalue weighted by molar-refractivity contribution is -0.113. The number of amides is 4. The van der Waals surface area contributed by atoms with Crippen LogP contribution in [0.5, 0.6) is 0 Å². The average molecular weight is 192 g/mol. The average Bonchev–Trinajstić information content (AvgIpc) is 2.19. The zero-order valence-corrected chi connectivity index (χ0v) is 7.21. The van der Waals surface area contributed by atoms with Crippen LogP contribution in [0.15, 0.2) is 30.3 Å². The third-order valence-electron chi connectivity index (χ3n) is 1.58. The minimum atomic E-state index is -1.09. The molecule has 0 heterocycles. The predicted molar refractivity (Wildman–Crippen MR) is 48.3 cm³/mol. The lowest BCUT2D eigenvalue weighted by Crippen LogP contribution is -2.39. The Labute approximate surface area is 80.1 Å². The summed E-state index contributed by atoms with van der Waals surface area (Å²) in [5, 5.41) is 0. The van der Waals surface area contributed by atoms with Gasteiger partial charge in [0.1, 0.15) is 0 Å². The summed E-state index contributed by atoms with van der Waals surface area (Å²) < 4.78 is 0. The number of imide groups is 3. The smallest absolute Gasteiger partial charge is 0.328 e. The van der Waals surface area contributed by atoms with Crippen LogP contribution < -0.4 is 5.73 Å². The van der Waals surface area contributed by atoms with Gasteiger partial charge in [-0.1, -0.05) is 18.2 Å². The summed E-state index contributed by atoms with van der Waals surface area (Å²) in [5.74, 6) is -0.729. The van der Waals surface area contributed by atoms with Gasteiger partial charge >= 0.3 is 6.03 Å². The van der Waals surface area contributed by atoms with E-state index in [-0.39, 0.29) is 12.0 Å². The molecule has 2 N–H and O–H groups in total. The van der Waals surface area contributed by atoms with E-state index in [1.54, 1.807) is 18.2 Å². The molecule has 0 bridgehead atoms. The molecule has 0 fully saturated rings. The van der Waals surface area contributed by atoms with Crippen molar-refractivity contribution in [3.63, 3.8) is 0 Å². The van der Waals surface area contributed by atoms with Crippen molar-refractivity contribution in [2.24, 2.45) is 5.73 Å². The lowest BCUT2D eigenvalue weighted by Gasteiger charge is -2.09. The zero-order valence-electron chi connectivity index (χ0n) is 7.21. The van der Waals surface area contributed by atoms with E-state index in [2.05, 4.69) is 0 Å². The fraction of sp³-hybridized carbons (Fsp3) is 0. The third-order valence-corrected chi connectivity index (χ3v) is 1.58. The summed E-state index contributed by atoms with van der Waals surface area (Å²) in [6.45, 7) is 0. The highest BCUT2D eigenvalue weighted by atomic mass is 16.2. The molecule has 1 aromatic carbocycles. The minimum absolute atomic E-state index is 0.0949. The van der Waals surface area contributed by atoms with E-state index in [9.17, 15) is 14.4 Å². The standard InChI is InChI=1S/C9H8N2O3/c10-9(14)11(6-12)8(13)7-4-2-1-3-5-7/h1-6H,(H2,10,14). The number of hydrogen-bond acceptors (Lipinski definition) is 3. The maximum Gasteiger partial charge on any atom is 0.328 e. The molecule has 14 heavy (non-hydrogen) atoms. The topological polar surface area (TPSA) is 80.5 Å². The van der Waals surface area contributed by atoms with E-state index >= 15 is 0 Å². The molecule has 0 aliphatic heterocycles. The van der Waals surface area contributed by atoms with E-state index in [4.69, 9.17) is 5.73 Å². The number of nitrogens with zero attached hydrogens (tertiary/aromatic N) is 1. The molecule has 0 saturated carbocycles. The first kappa shape index (κ1) is 9.91. The van der Waals surface area contributed by atoms with Crippen LogP contribution in [0.2, 0.25) is 0 Å². The predicted octanol–water partition coefficient (Wildman–Crippen LogP) is 0.364. The van der Waals surface area contributed by atoms with Crippen molar-refractivity contribution in [2.45, 2.75) is 0 Å². The molecule has 0 aliphatic carbocycles. The van der Waals surface area contributed by atoms with Crippen molar-refractivity contribution in [1.29, 1.82) is 0 Å². The summed E-state index contributed by atoms with van der Waals surface area (Å²) in [6, 6.07) is 6.85.